The normalized spacial score (nSPS) is 19.4. The van der Waals surface area contributed by atoms with Crippen LogP contribution in [-0.4, -0.2) is 67.7 Å². The average Bonchev–Trinajstić information content (AvgIpc) is 3.58. The Morgan fingerprint density at radius 2 is 1.95 bits per heavy atom. The van der Waals surface area contributed by atoms with Gasteiger partial charge in [-0.05, 0) is 99.6 Å². The van der Waals surface area contributed by atoms with Crippen molar-refractivity contribution in [3.8, 4) is 11.6 Å². The first-order valence-corrected chi connectivity index (χ1v) is 14.4. The summed E-state index contributed by atoms with van der Waals surface area (Å²) in [7, 11) is 0. The third-order valence-corrected chi connectivity index (χ3v) is 8.60. The van der Waals surface area contributed by atoms with Gasteiger partial charge in [0.1, 0.15) is 22.7 Å². The van der Waals surface area contributed by atoms with E-state index < -0.39 is 11.4 Å². The molecule has 3 fully saturated rings. The Bertz CT molecular complexity index is 1390. The zero-order chi connectivity index (χ0) is 27.4. The van der Waals surface area contributed by atoms with Crippen molar-refractivity contribution in [2.24, 2.45) is 11.3 Å². The molecule has 3 aromatic rings. The van der Waals surface area contributed by atoms with Crippen molar-refractivity contribution in [1.29, 1.82) is 0 Å². The SMILES string of the molecule is CC(C)(C)OC(=O)N1CC2(CCN(Cc3cc(F)cnc3Oc3ccc4c(nnn4CC4CC4)c3Br)CC2)C1. The minimum absolute atomic E-state index is 0.143. The minimum Gasteiger partial charge on any atom is -0.444 e. The van der Waals surface area contributed by atoms with Crippen LogP contribution in [0.2, 0.25) is 0 Å². The number of halogens is 2. The molecule has 2 aliphatic heterocycles. The Labute approximate surface area is 235 Å². The fourth-order valence-corrected chi connectivity index (χ4v) is 5.98. The van der Waals surface area contributed by atoms with Gasteiger partial charge < -0.3 is 14.4 Å². The highest BCUT2D eigenvalue weighted by atomic mass is 79.9. The average molecular weight is 602 g/mol. The second kappa shape index (κ2) is 9.99. The Morgan fingerprint density at radius 3 is 2.64 bits per heavy atom. The number of pyridine rings is 1. The first-order chi connectivity index (χ1) is 18.6. The van der Waals surface area contributed by atoms with Crippen LogP contribution >= 0.6 is 15.9 Å². The van der Waals surface area contributed by atoms with Gasteiger partial charge in [0.15, 0.2) is 0 Å². The predicted octanol–water partition coefficient (Wildman–Crippen LogP) is 5.76. The van der Waals surface area contributed by atoms with Crippen LogP contribution < -0.4 is 4.74 Å². The van der Waals surface area contributed by atoms with Crippen molar-refractivity contribution in [2.45, 2.75) is 65.1 Å². The van der Waals surface area contributed by atoms with Gasteiger partial charge in [-0.2, -0.15) is 0 Å². The fourth-order valence-electron chi connectivity index (χ4n) is 5.48. The number of hydrogen-bond acceptors (Lipinski definition) is 7. The van der Waals surface area contributed by atoms with Gasteiger partial charge in [0.2, 0.25) is 5.88 Å². The summed E-state index contributed by atoms with van der Waals surface area (Å²) >= 11 is 3.64. The van der Waals surface area contributed by atoms with Crippen LogP contribution in [-0.2, 0) is 17.8 Å². The lowest BCUT2D eigenvalue weighted by Gasteiger charge is -2.53. The Hall–Kier alpha value is -2.79. The summed E-state index contributed by atoms with van der Waals surface area (Å²) in [6.07, 6.45) is 5.38. The third kappa shape index (κ3) is 5.75. The summed E-state index contributed by atoms with van der Waals surface area (Å²) in [5, 5.41) is 8.68. The summed E-state index contributed by atoms with van der Waals surface area (Å²) in [4.78, 5) is 20.7. The van der Waals surface area contributed by atoms with Crippen LogP contribution in [0.3, 0.4) is 0 Å². The molecule has 0 N–H and O–H groups in total. The molecule has 3 aliphatic rings. The lowest BCUT2D eigenvalue weighted by atomic mass is 9.72. The largest absolute Gasteiger partial charge is 0.444 e. The van der Waals surface area contributed by atoms with Gasteiger partial charge in [-0.25, -0.2) is 18.9 Å². The minimum atomic E-state index is -0.488. The highest BCUT2D eigenvalue weighted by Crippen LogP contribution is 2.42. The Kier molecular flexibility index (Phi) is 6.77. The standard InChI is InChI=1S/C28H34BrFN6O3/c1-27(2,3)39-26(37)35-16-28(17-35)8-10-34(11-9-28)15-19-12-20(30)13-31-25(19)38-22-7-6-21-24(23(22)29)32-33-36(21)14-18-4-5-18/h6-7,12-13,18H,4-5,8-11,14-17H2,1-3H3. The van der Waals surface area contributed by atoms with Crippen LogP contribution in [0.15, 0.2) is 28.9 Å². The maximum Gasteiger partial charge on any atom is 0.410 e. The van der Waals surface area contributed by atoms with E-state index in [1.54, 1.807) is 4.90 Å². The summed E-state index contributed by atoms with van der Waals surface area (Å²) in [5.74, 6) is 1.24. The topological polar surface area (TPSA) is 85.6 Å². The third-order valence-electron chi connectivity index (χ3n) is 7.83. The number of likely N-dealkylation sites (tertiary alicyclic amines) is 2. The van der Waals surface area contributed by atoms with Gasteiger partial charge in [-0.3, -0.25) is 4.90 Å². The van der Waals surface area contributed by atoms with Crippen LogP contribution in [0.4, 0.5) is 9.18 Å². The molecule has 1 aliphatic carbocycles. The van der Waals surface area contributed by atoms with Gasteiger partial charge in [0.05, 0.1) is 16.2 Å². The number of aromatic nitrogens is 4. The van der Waals surface area contributed by atoms with Crippen molar-refractivity contribution in [3.63, 3.8) is 0 Å². The van der Waals surface area contributed by atoms with Crippen LogP contribution in [0.1, 0.15) is 52.0 Å². The number of rotatable bonds is 6. The zero-order valence-electron chi connectivity index (χ0n) is 22.6. The number of hydrogen-bond donors (Lipinski definition) is 0. The number of nitrogens with zero attached hydrogens (tertiary/aromatic N) is 6. The monoisotopic (exact) mass is 600 g/mol. The molecule has 0 unspecified atom stereocenters. The summed E-state index contributed by atoms with van der Waals surface area (Å²) < 4.78 is 28.6. The van der Waals surface area contributed by atoms with Gasteiger partial charge in [0, 0.05) is 37.2 Å². The van der Waals surface area contributed by atoms with Crippen molar-refractivity contribution < 1.29 is 18.7 Å². The molecule has 9 nitrogen and oxygen atoms in total. The fraction of sp³-hybridized carbons (Fsp3) is 0.571. The lowest BCUT2D eigenvalue weighted by Crippen LogP contribution is -2.62. The maximum atomic E-state index is 14.2. The molecule has 11 heteroatoms. The van der Waals surface area contributed by atoms with Gasteiger partial charge >= 0.3 is 6.09 Å². The number of benzene rings is 1. The molecule has 1 spiro atoms. The molecule has 1 aromatic carbocycles. The van der Waals surface area contributed by atoms with E-state index in [-0.39, 0.29) is 11.5 Å². The number of amides is 1. The van der Waals surface area contributed by atoms with E-state index in [0.29, 0.717) is 34.1 Å². The van der Waals surface area contributed by atoms with Crippen LogP contribution in [0.5, 0.6) is 11.6 Å². The van der Waals surface area contributed by atoms with Crippen molar-refractivity contribution in [2.75, 3.05) is 26.2 Å². The number of piperidine rings is 1. The molecule has 4 heterocycles. The second-order valence-electron chi connectivity index (χ2n) is 12.3. The predicted molar refractivity (Wildman–Crippen MR) is 147 cm³/mol. The molecule has 1 saturated carbocycles. The first-order valence-electron chi connectivity index (χ1n) is 13.6. The first kappa shape index (κ1) is 26.4. The highest BCUT2D eigenvalue weighted by molar-refractivity contribution is 9.10. The van der Waals surface area contributed by atoms with Gasteiger partial charge in [0.25, 0.3) is 0 Å². The summed E-state index contributed by atoms with van der Waals surface area (Å²) in [5.41, 5.74) is 2.04. The number of carbonyl (C=O) groups is 1. The quantitative estimate of drug-likeness (QED) is 0.355. The molecular weight excluding hydrogens is 567 g/mol. The van der Waals surface area contributed by atoms with Crippen molar-refractivity contribution >= 4 is 33.1 Å². The van der Waals surface area contributed by atoms with E-state index in [4.69, 9.17) is 9.47 Å². The number of carbonyl (C=O) groups excluding carboxylic acids is 1. The molecule has 2 aromatic heterocycles. The Morgan fingerprint density at radius 1 is 1.21 bits per heavy atom. The molecule has 208 valence electrons. The van der Waals surface area contributed by atoms with Gasteiger partial charge in [-0.1, -0.05) is 5.21 Å². The highest BCUT2D eigenvalue weighted by Gasteiger charge is 2.47. The smallest absolute Gasteiger partial charge is 0.410 e. The van der Waals surface area contributed by atoms with Crippen molar-refractivity contribution in [1.82, 2.24) is 29.8 Å². The summed E-state index contributed by atoms with van der Waals surface area (Å²) in [6, 6.07) is 5.34. The zero-order valence-corrected chi connectivity index (χ0v) is 24.2. The Balaban J connectivity index is 1.10. The number of ether oxygens (including phenoxy) is 2. The molecule has 1 amide bonds. The summed E-state index contributed by atoms with van der Waals surface area (Å²) in [6.45, 7) is 10.2. The molecule has 0 bridgehead atoms. The van der Waals surface area contributed by atoms with E-state index in [1.165, 1.54) is 25.1 Å². The van der Waals surface area contributed by atoms with E-state index in [2.05, 4.69) is 36.1 Å². The van der Waals surface area contributed by atoms with E-state index in [9.17, 15) is 9.18 Å². The molecular formula is C28H34BrFN6O3. The van der Waals surface area contributed by atoms with E-state index in [1.807, 2.05) is 37.6 Å². The molecule has 2 saturated heterocycles. The van der Waals surface area contributed by atoms with E-state index >= 15 is 0 Å². The number of fused-ring (bicyclic) bond motifs is 1. The lowest BCUT2D eigenvalue weighted by molar-refractivity contribution is -0.0601. The van der Waals surface area contributed by atoms with E-state index in [0.717, 1.165) is 56.6 Å². The van der Waals surface area contributed by atoms with Crippen molar-refractivity contribution in [3.05, 3.63) is 40.2 Å². The molecule has 0 radical (unpaired) electrons. The van der Waals surface area contributed by atoms with Gasteiger partial charge in [-0.15, -0.1) is 5.10 Å². The molecule has 6 rings (SSSR count). The molecule has 0 atom stereocenters. The van der Waals surface area contributed by atoms with Crippen LogP contribution in [0.25, 0.3) is 11.0 Å². The second-order valence-corrected chi connectivity index (χ2v) is 13.1. The molecule has 39 heavy (non-hydrogen) atoms. The maximum absolute atomic E-state index is 14.2. The van der Waals surface area contributed by atoms with Crippen LogP contribution in [0, 0.1) is 17.2 Å².